The van der Waals surface area contributed by atoms with E-state index in [-0.39, 0.29) is 0 Å². The summed E-state index contributed by atoms with van der Waals surface area (Å²) in [4.78, 5) is 8.82. The first-order chi connectivity index (χ1) is 9.19. The number of nitrogens with one attached hydrogen (secondary N) is 1. The van der Waals surface area contributed by atoms with E-state index in [4.69, 9.17) is 5.73 Å². The quantitative estimate of drug-likeness (QED) is 0.712. The second kappa shape index (κ2) is 8.73. The highest BCUT2D eigenvalue weighted by molar-refractivity contribution is 5.45. The number of aromatic nitrogens is 2. The minimum absolute atomic E-state index is 0.494. The van der Waals surface area contributed by atoms with Crippen LogP contribution in [0.1, 0.15) is 65.1 Å². The fourth-order valence-corrected chi connectivity index (χ4v) is 2.22. The summed E-state index contributed by atoms with van der Waals surface area (Å²) in [6.45, 7) is 6.57. The van der Waals surface area contributed by atoms with Crippen molar-refractivity contribution in [2.75, 3.05) is 11.1 Å². The fraction of sp³-hybridized carbons (Fsp3) is 0.733. The number of nitrogen functional groups attached to an aromatic ring is 1. The van der Waals surface area contributed by atoms with Crippen molar-refractivity contribution in [3.8, 4) is 0 Å². The SMILES string of the molecule is CCCCC(CCC)Nc1cc(N)nc(CCC)n1. The average molecular weight is 264 g/mol. The first kappa shape index (κ1) is 15.7. The first-order valence-electron chi connectivity index (χ1n) is 7.59. The zero-order valence-corrected chi connectivity index (χ0v) is 12.6. The van der Waals surface area contributed by atoms with E-state index >= 15 is 0 Å². The standard InChI is InChI=1S/C15H28N4/c1-4-7-10-12(8-5-2)17-15-11-13(16)18-14(19-15)9-6-3/h11-12H,4-10H2,1-3H3,(H3,16,17,18,19). The van der Waals surface area contributed by atoms with E-state index < -0.39 is 0 Å². The lowest BCUT2D eigenvalue weighted by Crippen LogP contribution is -2.20. The largest absolute Gasteiger partial charge is 0.384 e. The van der Waals surface area contributed by atoms with E-state index in [0.29, 0.717) is 11.9 Å². The van der Waals surface area contributed by atoms with Gasteiger partial charge >= 0.3 is 0 Å². The average Bonchev–Trinajstić information content (AvgIpc) is 2.36. The van der Waals surface area contributed by atoms with Crippen molar-refractivity contribution in [3.63, 3.8) is 0 Å². The van der Waals surface area contributed by atoms with Crippen LogP contribution in [0, 0.1) is 0 Å². The van der Waals surface area contributed by atoms with Gasteiger partial charge in [0.25, 0.3) is 0 Å². The van der Waals surface area contributed by atoms with Crippen LogP contribution in [0.15, 0.2) is 6.07 Å². The molecule has 0 aliphatic heterocycles. The van der Waals surface area contributed by atoms with Gasteiger partial charge in [-0.2, -0.15) is 0 Å². The Kier molecular flexibility index (Phi) is 7.23. The molecule has 0 amide bonds. The molecule has 108 valence electrons. The minimum Gasteiger partial charge on any atom is -0.384 e. The van der Waals surface area contributed by atoms with Crippen molar-refractivity contribution in [3.05, 3.63) is 11.9 Å². The lowest BCUT2D eigenvalue weighted by Gasteiger charge is -2.19. The van der Waals surface area contributed by atoms with Crippen LogP contribution < -0.4 is 11.1 Å². The number of unbranched alkanes of at least 4 members (excludes halogenated alkanes) is 1. The summed E-state index contributed by atoms with van der Waals surface area (Å²) in [6.07, 6.45) is 7.95. The Labute approximate surface area is 117 Å². The van der Waals surface area contributed by atoms with Gasteiger partial charge < -0.3 is 11.1 Å². The molecule has 0 saturated heterocycles. The molecule has 4 nitrogen and oxygen atoms in total. The molecule has 0 aliphatic carbocycles. The molecule has 3 N–H and O–H groups in total. The number of rotatable bonds is 9. The zero-order chi connectivity index (χ0) is 14.1. The number of nitrogens with two attached hydrogens (primary N) is 1. The normalized spacial score (nSPS) is 12.4. The lowest BCUT2D eigenvalue weighted by atomic mass is 10.1. The van der Waals surface area contributed by atoms with Crippen LogP contribution in [0.2, 0.25) is 0 Å². The van der Waals surface area contributed by atoms with Crippen LogP contribution in [0.4, 0.5) is 11.6 Å². The summed E-state index contributed by atoms with van der Waals surface area (Å²) in [7, 11) is 0. The molecule has 1 rings (SSSR count). The van der Waals surface area contributed by atoms with Crippen LogP contribution in [0.5, 0.6) is 0 Å². The molecule has 0 saturated carbocycles. The predicted octanol–water partition coefficient (Wildman–Crippen LogP) is 3.78. The summed E-state index contributed by atoms with van der Waals surface area (Å²) < 4.78 is 0. The smallest absolute Gasteiger partial charge is 0.133 e. The molecule has 1 heterocycles. The summed E-state index contributed by atoms with van der Waals surface area (Å²) in [5.41, 5.74) is 5.85. The van der Waals surface area contributed by atoms with Gasteiger partial charge in [0.1, 0.15) is 17.5 Å². The lowest BCUT2D eigenvalue weighted by molar-refractivity contribution is 0.562. The Morgan fingerprint density at radius 1 is 1.11 bits per heavy atom. The second-order valence-corrected chi connectivity index (χ2v) is 5.12. The van der Waals surface area contributed by atoms with Gasteiger partial charge in [0.2, 0.25) is 0 Å². The Morgan fingerprint density at radius 3 is 2.53 bits per heavy atom. The topological polar surface area (TPSA) is 63.8 Å². The second-order valence-electron chi connectivity index (χ2n) is 5.12. The summed E-state index contributed by atoms with van der Waals surface area (Å²) in [5, 5.41) is 3.52. The molecule has 0 spiro atoms. The Morgan fingerprint density at radius 2 is 1.89 bits per heavy atom. The summed E-state index contributed by atoms with van der Waals surface area (Å²) >= 11 is 0. The summed E-state index contributed by atoms with van der Waals surface area (Å²) in [5.74, 6) is 2.29. The van der Waals surface area contributed by atoms with Crippen molar-refractivity contribution in [2.24, 2.45) is 0 Å². The zero-order valence-electron chi connectivity index (χ0n) is 12.6. The molecular formula is C15H28N4. The molecule has 0 aliphatic rings. The Balaban J connectivity index is 2.71. The Bertz CT molecular complexity index is 365. The first-order valence-corrected chi connectivity index (χ1v) is 7.59. The van der Waals surface area contributed by atoms with Gasteiger partial charge in [-0.15, -0.1) is 0 Å². The monoisotopic (exact) mass is 264 g/mol. The van der Waals surface area contributed by atoms with Crippen molar-refractivity contribution >= 4 is 11.6 Å². The van der Waals surface area contributed by atoms with E-state index in [2.05, 4.69) is 36.1 Å². The molecule has 1 aromatic rings. The van der Waals surface area contributed by atoms with Crippen LogP contribution in [0.25, 0.3) is 0 Å². The van der Waals surface area contributed by atoms with Gasteiger partial charge in [-0.25, -0.2) is 9.97 Å². The summed E-state index contributed by atoms with van der Waals surface area (Å²) in [6, 6.07) is 2.34. The van der Waals surface area contributed by atoms with Crippen molar-refractivity contribution in [2.45, 2.75) is 71.8 Å². The van der Waals surface area contributed by atoms with Gasteiger partial charge in [0.05, 0.1) is 0 Å². The third kappa shape index (κ3) is 5.90. The number of hydrogen-bond acceptors (Lipinski definition) is 4. The maximum absolute atomic E-state index is 5.85. The fourth-order valence-electron chi connectivity index (χ4n) is 2.22. The third-order valence-electron chi connectivity index (χ3n) is 3.16. The molecule has 1 aromatic heterocycles. The number of aryl methyl sites for hydroxylation is 1. The van der Waals surface area contributed by atoms with Crippen LogP contribution in [-0.4, -0.2) is 16.0 Å². The van der Waals surface area contributed by atoms with Gasteiger partial charge in [0, 0.05) is 18.5 Å². The van der Waals surface area contributed by atoms with Gasteiger partial charge in [-0.1, -0.05) is 40.0 Å². The maximum Gasteiger partial charge on any atom is 0.133 e. The van der Waals surface area contributed by atoms with Crippen molar-refractivity contribution < 1.29 is 0 Å². The molecule has 0 bridgehead atoms. The predicted molar refractivity (Wildman–Crippen MR) is 82.3 cm³/mol. The highest BCUT2D eigenvalue weighted by Crippen LogP contribution is 2.15. The van der Waals surface area contributed by atoms with Crippen LogP contribution in [0.3, 0.4) is 0 Å². The molecular weight excluding hydrogens is 236 g/mol. The Hall–Kier alpha value is -1.32. The van der Waals surface area contributed by atoms with Crippen LogP contribution >= 0.6 is 0 Å². The van der Waals surface area contributed by atoms with E-state index in [9.17, 15) is 0 Å². The molecule has 19 heavy (non-hydrogen) atoms. The van der Waals surface area contributed by atoms with Crippen molar-refractivity contribution in [1.82, 2.24) is 9.97 Å². The molecule has 4 heteroatoms. The third-order valence-corrected chi connectivity index (χ3v) is 3.16. The molecule has 1 unspecified atom stereocenters. The van der Waals surface area contributed by atoms with Gasteiger partial charge in [-0.05, 0) is 19.3 Å². The maximum atomic E-state index is 5.85. The van der Waals surface area contributed by atoms with E-state index in [1.807, 2.05) is 6.07 Å². The van der Waals surface area contributed by atoms with Crippen LogP contribution in [-0.2, 0) is 6.42 Å². The molecule has 1 atom stereocenters. The van der Waals surface area contributed by atoms with E-state index in [0.717, 1.165) is 24.5 Å². The highest BCUT2D eigenvalue weighted by atomic mass is 15.1. The number of nitrogens with zero attached hydrogens (tertiary/aromatic N) is 2. The molecule has 0 radical (unpaired) electrons. The number of hydrogen-bond donors (Lipinski definition) is 2. The van der Waals surface area contributed by atoms with E-state index in [1.165, 1.54) is 32.1 Å². The molecule has 0 aromatic carbocycles. The number of anilines is 2. The van der Waals surface area contributed by atoms with Crippen molar-refractivity contribution in [1.29, 1.82) is 0 Å². The van der Waals surface area contributed by atoms with E-state index in [1.54, 1.807) is 0 Å². The van der Waals surface area contributed by atoms with Gasteiger partial charge in [-0.3, -0.25) is 0 Å². The highest BCUT2D eigenvalue weighted by Gasteiger charge is 2.09. The van der Waals surface area contributed by atoms with Gasteiger partial charge in [0.15, 0.2) is 0 Å². The minimum atomic E-state index is 0.494. The molecule has 0 fully saturated rings.